The van der Waals surface area contributed by atoms with Crippen molar-refractivity contribution in [1.29, 1.82) is 0 Å². The van der Waals surface area contributed by atoms with Crippen LogP contribution in [0.3, 0.4) is 0 Å². The maximum atomic E-state index is 11.7. The molecule has 0 spiro atoms. The van der Waals surface area contributed by atoms with E-state index in [1.165, 1.54) is 21.1 Å². The van der Waals surface area contributed by atoms with Gasteiger partial charge in [0.25, 0.3) is 0 Å². The number of carbonyl (C=O) groups is 3. The molecule has 1 atom stereocenters. The Morgan fingerprint density at radius 3 is 2.41 bits per heavy atom. The summed E-state index contributed by atoms with van der Waals surface area (Å²) < 4.78 is 5.02. The number of Topliss-reactive ketones (excluding diaryl/α,β-unsaturated/α-hetero) is 1. The van der Waals surface area contributed by atoms with E-state index in [1.54, 1.807) is 0 Å². The van der Waals surface area contributed by atoms with E-state index >= 15 is 0 Å². The minimum absolute atomic E-state index is 0.0865. The lowest BCUT2D eigenvalue weighted by molar-refractivity contribution is -0.169. The Bertz CT molecular complexity index is 518. The number of rotatable bonds is 7. The fourth-order valence-corrected chi connectivity index (χ4v) is 1.61. The molecule has 0 heterocycles. The van der Waals surface area contributed by atoms with Crippen LogP contribution in [-0.2, 0) is 25.8 Å². The molecule has 2 amide bonds. The molecule has 0 aliphatic heterocycles. The molecule has 22 heavy (non-hydrogen) atoms. The fourth-order valence-electron chi connectivity index (χ4n) is 1.61. The second kappa shape index (κ2) is 8.78. The molecule has 0 saturated heterocycles. The van der Waals surface area contributed by atoms with Crippen LogP contribution in [0.25, 0.3) is 0 Å². The average Bonchev–Trinajstić information content (AvgIpc) is 2.52. The lowest BCUT2D eigenvalue weighted by atomic mass is 10.1. The highest BCUT2D eigenvalue weighted by molar-refractivity contribution is 5.90. The zero-order chi connectivity index (χ0) is 16.5. The van der Waals surface area contributed by atoms with Crippen molar-refractivity contribution >= 4 is 17.8 Å². The SMILES string of the molecule is CON(C)C(=O)CC(NC(=O)OCc1ccccc1)C(C)=O. The molecule has 0 bridgehead atoms. The Hall–Kier alpha value is -2.41. The van der Waals surface area contributed by atoms with Crippen molar-refractivity contribution in [2.45, 2.75) is 26.0 Å². The van der Waals surface area contributed by atoms with Crippen LogP contribution in [0, 0.1) is 0 Å². The third-order valence-corrected chi connectivity index (χ3v) is 3.00. The highest BCUT2D eigenvalue weighted by Crippen LogP contribution is 2.03. The molecule has 120 valence electrons. The van der Waals surface area contributed by atoms with Gasteiger partial charge in [0.1, 0.15) is 6.61 Å². The van der Waals surface area contributed by atoms with Crippen LogP contribution in [0.1, 0.15) is 18.9 Å². The molecule has 1 aromatic rings. The van der Waals surface area contributed by atoms with Gasteiger partial charge in [-0.2, -0.15) is 0 Å². The fraction of sp³-hybridized carbons (Fsp3) is 0.400. The van der Waals surface area contributed by atoms with Gasteiger partial charge in [-0.3, -0.25) is 14.4 Å². The van der Waals surface area contributed by atoms with Crippen molar-refractivity contribution in [2.75, 3.05) is 14.2 Å². The average molecular weight is 308 g/mol. The first-order valence-corrected chi connectivity index (χ1v) is 6.72. The van der Waals surface area contributed by atoms with Crippen molar-refractivity contribution in [2.24, 2.45) is 0 Å². The van der Waals surface area contributed by atoms with Crippen molar-refractivity contribution in [3.05, 3.63) is 35.9 Å². The normalized spacial score (nSPS) is 11.4. The number of ether oxygens (including phenoxy) is 1. The van der Waals surface area contributed by atoms with E-state index in [4.69, 9.17) is 9.57 Å². The van der Waals surface area contributed by atoms with Crippen molar-refractivity contribution in [3.8, 4) is 0 Å². The number of hydrogen-bond acceptors (Lipinski definition) is 5. The van der Waals surface area contributed by atoms with E-state index in [9.17, 15) is 14.4 Å². The van der Waals surface area contributed by atoms with Crippen LogP contribution in [0.15, 0.2) is 30.3 Å². The molecule has 0 aromatic heterocycles. The van der Waals surface area contributed by atoms with Crippen molar-refractivity contribution in [1.82, 2.24) is 10.4 Å². The van der Waals surface area contributed by atoms with Gasteiger partial charge >= 0.3 is 6.09 Å². The Labute approximate surface area is 129 Å². The predicted molar refractivity (Wildman–Crippen MR) is 78.6 cm³/mol. The van der Waals surface area contributed by atoms with Crippen LogP contribution in [0.5, 0.6) is 0 Å². The third kappa shape index (κ3) is 5.92. The monoisotopic (exact) mass is 308 g/mol. The molecule has 0 fully saturated rings. The Balaban J connectivity index is 2.50. The molecule has 0 aliphatic carbocycles. The van der Waals surface area contributed by atoms with Gasteiger partial charge < -0.3 is 10.1 Å². The molecule has 7 nitrogen and oxygen atoms in total. The number of hydrogen-bond donors (Lipinski definition) is 1. The molecule has 1 unspecified atom stereocenters. The summed E-state index contributed by atoms with van der Waals surface area (Å²) >= 11 is 0. The molecule has 1 rings (SSSR count). The second-order valence-corrected chi connectivity index (χ2v) is 4.65. The first-order valence-electron chi connectivity index (χ1n) is 6.72. The summed E-state index contributed by atoms with van der Waals surface area (Å²) in [6.45, 7) is 1.38. The van der Waals surface area contributed by atoms with Crippen molar-refractivity contribution < 1.29 is 24.0 Å². The summed E-state index contributed by atoms with van der Waals surface area (Å²) in [6.07, 6.45) is -0.947. The first kappa shape index (κ1) is 17.6. The summed E-state index contributed by atoms with van der Waals surface area (Å²) in [5.41, 5.74) is 0.826. The van der Waals surface area contributed by atoms with E-state index in [-0.39, 0.29) is 18.8 Å². The van der Waals surface area contributed by atoms with Gasteiger partial charge in [-0.15, -0.1) is 0 Å². The smallest absolute Gasteiger partial charge is 0.408 e. The van der Waals surface area contributed by atoms with Gasteiger partial charge in [0.2, 0.25) is 5.91 Å². The number of alkyl carbamates (subject to hydrolysis) is 1. The summed E-state index contributed by atoms with van der Waals surface area (Å²) in [5, 5.41) is 3.38. The standard InChI is InChI=1S/C15H20N2O5/c1-11(18)13(9-14(19)17(2)21-3)16-15(20)22-10-12-7-5-4-6-8-12/h4-8,13H,9-10H2,1-3H3,(H,16,20). The lowest BCUT2D eigenvalue weighted by Crippen LogP contribution is -2.43. The molecule has 0 saturated carbocycles. The Morgan fingerprint density at radius 1 is 1.23 bits per heavy atom. The van der Waals surface area contributed by atoms with Gasteiger partial charge in [0.15, 0.2) is 5.78 Å². The topological polar surface area (TPSA) is 84.9 Å². The first-order chi connectivity index (χ1) is 10.4. The molecule has 1 aromatic carbocycles. The number of hydroxylamine groups is 2. The highest BCUT2D eigenvalue weighted by atomic mass is 16.7. The van der Waals surface area contributed by atoms with E-state index in [1.807, 2.05) is 30.3 Å². The summed E-state index contributed by atoms with van der Waals surface area (Å²) in [5.74, 6) is -0.763. The third-order valence-electron chi connectivity index (χ3n) is 3.00. The largest absolute Gasteiger partial charge is 0.445 e. The van der Waals surface area contributed by atoms with Crippen LogP contribution < -0.4 is 5.32 Å². The number of nitrogens with one attached hydrogen (secondary N) is 1. The second-order valence-electron chi connectivity index (χ2n) is 4.65. The maximum Gasteiger partial charge on any atom is 0.408 e. The number of amides is 2. The van der Waals surface area contributed by atoms with E-state index in [2.05, 4.69) is 5.32 Å². The Kier molecular flexibility index (Phi) is 7.04. The number of carbonyl (C=O) groups excluding carboxylic acids is 3. The number of benzene rings is 1. The maximum absolute atomic E-state index is 11.7. The van der Waals surface area contributed by atoms with Crippen LogP contribution in [0.4, 0.5) is 4.79 Å². The van der Waals surface area contributed by atoms with Gasteiger partial charge in [-0.1, -0.05) is 30.3 Å². The minimum Gasteiger partial charge on any atom is -0.445 e. The predicted octanol–water partition coefficient (Wildman–Crippen LogP) is 1.28. The Morgan fingerprint density at radius 2 is 1.86 bits per heavy atom. The lowest BCUT2D eigenvalue weighted by Gasteiger charge is -2.19. The molecular weight excluding hydrogens is 288 g/mol. The van der Waals surface area contributed by atoms with Crippen LogP contribution >= 0.6 is 0 Å². The van der Waals surface area contributed by atoms with E-state index in [0.717, 1.165) is 10.6 Å². The van der Waals surface area contributed by atoms with E-state index in [0.29, 0.717) is 0 Å². The summed E-state index contributed by atoms with van der Waals surface area (Å²) in [7, 11) is 2.76. The quantitative estimate of drug-likeness (QED) is 0.767. The molecular formula is C15H20N2O5. The number of nitrogens with zero attached hydrogens (tertiary/aromatic N) is 1. The van der Waals surface area contributed by atoms with Crippen LogP contribution in [0.2, 0.25) is 0 Å². The minimum atomic E-state index is -0.951. The molecule has 0 radical (unpaired) electrons. The molecule has 0 aliphatic rings. The highest BCUT2D eigenvalue weighted by Gasteiger charge is 2.23. The van der Waals surface area contributed by atoms with Gasteiger partial charge in [0.05, 0.1) is 19.6 Å². The molecule has 1 N–H and O–H groups in total. The van der Waals surface area contributed by atoms with Crippen molar-refractivity contribution in [3.63, 3.8) is 0 Å². The summed E-state index contributed by atoms with van der Waals surface area (Å²) in [6, 6.07) is 8.18. The van der Waals surface area contributed by atoms with Gasteiger partial charge in [-0.05, 0) is 12.5 Å². The van der Waals surface area contributed by atoms with Gasteiger partial charge in [0, 0.05) is 7.05 Å². The van der Waals surface area contributed by atoms with E-state index < -0.39 is 18.0 Å². The number of ketones is 1. The van der Waals surface area contributed by atoms with Gasteiger partial charge in [-0.25, -0.2) is 9.86 Å². The zero-order valence-corrected chi connectivity index (χ0v) is 12.9. The molecule has 7 heteroatoms. The van der Waals surface area contributed by atoms with Crippen LogP contribution in [-0.4, -0.2) is 43.0 Å². The zero-order valence-electron chi connectivity index (χ0n) is 12.9. The summed E-state index contributed by atoms with van der Waals surface area (Å²) in [4.78, 5) is 39.7.